The minimum absolute atomic E-state index is 0.0441. The van der Waals surface area contributed by atoms with Crippen molar-refractivity contribution in [1.82, 2.24) is 0 Å². The van der Waals surface area contributed by atoms with Crippen LogP contribution in [0, 0.1) is 5.41 Å². The second-order valence-electron chi connectivity index (χ2n) is 19.0. The van der Waals surface area contributed by atoms with Crippen molar-refractivity contribution in [3.63, 3.8) is 0 Å². The van der Waals surface area contributed by atoms with E-state index in [9.17, 15) is 0 Å². The zero-order valence-electron chi connectivity index (χ0n) is 41.5. The van der Waals surface area contributed by atoms with E-state index in [2.05, 4.69) is 20.8 Å². The van der Waals surface area contributed by atoms with Crippen LogP contribution in [0.1, 0.15) is 258 Å². The van der Waals surface area contributed by atoms with Crippen molar-refractivity contribution in [3.05, 3.63) is 35.9 Å². The predicted molar refractivity (Wildman–Crippen MR) is 258 cm³/mol. The van der Waals surface area contributed by atoms with Gasteiger partial charge in [-0.25, -0.2) is 4.39 Å². The average Bonchev–Trinajstić information content (AvgIpc) is 3.28. The van der Waals surface area contributed by atoms with Crippen LogP contribution in [0.4, 0.5) is 22.0 Å². The molecule has 0 radical (unpaired) electrons. The van der Waals surface area contributed by atoms with Crippen LogP contribution in [0.25, 0.3) is 0 Å². The lowest BCUT2D eigenvalue weighted by atomic mass is 9.58. The third-order valence-corrected chi connectivity index (χ3v) is 13.3. The van der Waals surface area contributed by atoms with Gasteiger partial charge in [-0.3, -0.25) is 0 Å². The molecule has 1 aromatic carbocycles. The molecule has 0 amide bonds. The molecule has 372 valence electrons. The second-order valence-corrected chi connectivity index (χ2v) is 19.0. The van der Waals surface area contributed by atoms with Gasteiger partial charge < -0.3 is 14.2 Å². The largest absolute Gasteiger partial charge is 0.381 e. The average molecular weight is 903 g/mol. The van der Waals surface area contributed by atoms with Crippen molar-refractivity contribution >= 4 is 0 Å². The van der Waals surface area contributed by atoms with Crippen LogP contribution in [-0.2, 0) is 19.9 Å². The third kappa shape index (κ3) is 24.9. The molecule has 1 unspecified atom stereocenters. The predicted octanol–water partition coefficient (Wildman–Crippen LogP) is 18.9. The number of benzene rings is 1. The van der Waals surface area contributed by atoms with Crippen LogP contribution in [0.5, 0.6) is 0 Å². The van der Waals surface area contributed by atoms with Crippen molar-refractivity contribution in [3.8, 4) is 0 Å². The summed E-state index contributed by atoms with van der Waals surface area (Å²) >= 11 is 0. The normalized spacial score (nSPS) is 13.5. The molecular formula is C55H99F5O3. The Kier molecular flexibility index (Phi) is 36.8. The van der Waals surface area contributed by atoms with Crippen molar-refractivity contribution in [2.45, 2.75) is 270 Å². The Balaban J connectivity index is 3.32. The summed E-state index contributed by atoms with van der Waals surface area (Å²) in [7, 11) is 0. The molecule has 0 aliphatic carbocycles. The van der Waals surface area contributed by atoms with Gasteiger partial charge in [0.1, 0.15) is 0 Å². The Morgan fingerprint density at radius 1 is 0.333 bits per heavy atom. The number of ether oxygens (including phenoxy) is 3. The van der Waals surface area contributed by atoms with Gasteiger partial charge in [-0.05, 0) is 69.8 Å². The molecule has 0 aliphatic rings. The number of hydrogen-bond acceptors (Lipinski definition) is 3. The molecule has 0 aliphatic heterocycles. The third-order valence-electron chi connectivity index (χ3n) is 13.3. The molecule has 0 fully saturated rings. The molecule has 1 rings (SSSR count). The summed E-state index contributed by atoms with van der Waals surface area (Å²) in [6.07, 6.45) is 27.7. The summed E-state index contributed by atoms with van der Waals surface area (Å²) < 4.78 is 103. The van der Waals surface area contributed by atoms with Crippen LogP contribution < -0.4 is 0 Å². The van der Waals surface area contributed by atoms with Crippen molar-refractivity contribution in [1.29, 1.82) is 0 Å². The van der Waals surface area contributed by atoms with Gasteiger partial charge in [-0.2, -0.15) is 17.6 Å². The molecule has 0 aromatic heterocycles. The van der Waals surface area contributed by atoms with Crippen LogP contribution in [0.3, 0.4) is 0 Å². The molecule has 3 nitrogen and oxygen atoms in total. The van der Waals surface area contributed by atoms with Crippen molar-refractivity contribution in [2.24, 2.45) is 5.41 Å². The first-order chi connectivity index (χ1) is 30.6. The highest BCUT2D eigenvalue weighted by Gasteiger charge is 2.75. The second kappa shape index (κ2) is 38.8. The van der Waals surface area contributed by atoms with Crippen LogP contribution in [0.15, 0.2) is 30.3 Å². The smallest absolute Gasteiger partial charge is 0.347 e. The Morgan fingerprint density at radius 3 is 0.968 bits per heavy atom. The molecule has 0 spiro atoms. The van der Waals surface area contributed by atoms with Crippen LogP contribution in [-0.4, -0.2) is 51.5 Å². The van der Waals surface area contributed by atoms with Crippen LogP contribution >= 0.6 is 0 Å². The Labute approximate surface area is 385 Å². The fourth-order valence-corrected chi connectivity index (χ4v) is 9.49. The SMILES string of the molecule is CCCCCCC(F)(F)C(F)(F)C(F)(c1ccccc1)C(CCCCCCCCCCOCCC)(CCCCCCCCCCOCCC)CCCCCCCCCCOCCC. The molecule has 63 heavy (non-hydrogen) atoms. The van der Waals surface area contributed by atoms with E-state index < -0.39 is 29.3 Å². The summed E-state index contributed by atoms with van der Waals surface area (Å²) in [5, 5.41) is 0. The van der Waals surface area contributed by atoms with E-state index in [0.29, 0.717) is 32.1 Å². The standard InChI is InChI=1S/C55H99F5O3/c1-5-9-10-35-44-53(56,57)55(59,60)54(58,51-39-30-29-31-40-51)52(41-32-23-17-11-14-20-26-36-48-61-45-6-2,42-33-24-18-12-15-21-27-37-49-62-46-7-3)43-34-25-19-13-16-22-28-38-50-63-47-8-4/h29-31,39-40H,5-28,32-38,41-50H2,1-4H3. The number of halogens is 5. The Bertz CT molecular complexity index is 1050. The highest BCUT2D eigenvalue weighted by molar-refractivity contribution is 5.31. The number of rotatable bonds is 48. The van der Waals surface area contributed by atoms with Gasteiger partial charge in [0.05, 0.1) is 0 Å². The van der Waals surface area contributed by atoms with E-state index in [1.165, 1.54) is 12.1 Å². The minimum atomic E-state index is -4.88. The quantitative estimate of drug-likeness (QED) is 0.0482. The lowest BCUT2D eigenvalue weighted by Gasteiger charge is -2.51. The molecule has 1 aromatic rings. The summed E-state index contributed by atoms with van der Waals surface area (Å²) in [6, 6.07) is 7.49. The van der Waals surface area contributed by atoms with E-state index in [0.717, 1.165) is 200 Å². The molecule has 0 heterocycles. The highest BCUT2D eigenvalue weighted by atomic mass is 19.3. The Hall–Kier alpha value is -1.25. The zero-order valence-corrected chi connectivity index (χ0v) is 41.5. The summed E-state index contributed by atoms with van der Waals surface area (Å²) in [4.78, 5) is 0. The van der Waals surface area contributed by atoms with Gasteiger partial charge in [-0.15, -0.1) is 0 Å². The summed E-state index contributed by atoms with van der Waals surface area (Å²) in [6.45, 7) is 13.1. The van der Waals surface area contributed by atoms with Crippen LogP contribution in [0.2, 0.25) is 0 Å². The van der Waals surface area contributed by atoms with E-state index >= 15 is 22.0 Å². The molecule has 0 saturated carbocycles. The lowest BCUT2D eigenvalue weighted by molar-refractivity contribution is -0.311. The first-order valence-electron chi connectivity index (χ1n) is 26.8. The van der Waals surface area contributed by atoms with Crippen molar-refractivity contribution < 1.29 is 36.2 Å². The van der Waals surface area contributed by atoms with Gasteiger partial charge in [0.2, 0.25) is 5.67 Å². The fourth-order valence-electron chi connectivity index (χ4n) is 9.49. The van der Waals surface area contributed by atoms with Gasteiger partial charge in [0.15, 0.2) is 0 Å². The maximum Gasteiger partial charge on any atom is 0.347 e. The molecule has 1 atom stereocenters. The van der Waals surface area contributed by atoms with E-state index in [4.69, 9.17) is 14.2 Å². The van der Waals surface area contributed by atoms with E-state index in [1.54, 1.807) is 18.2 Å². The van der Waals surface area contributed by atoms with E-state index in [1.807, 2.05) is 6.92 Å². The summed E-state index contributed by atoms with van der Waals surface area (Å²) in [5.41, 5.74) is -5.42. The van der Waals surface area contributed by atoms with Gasteiger partial charge >= 0.3 is 11.8 Å². The lowest BCUT2D eigenvalue weighted by Crippen LogP contribution is -2.62. The number of unbranched alkanes of at least 4 members (excludes halogenated alkanes) is 24. The first-order valence-corrected chi connectivity index (χ1v) is 26.8. The number of alkyl halides is 5. The zero-order chi connectivity index (χ0) is 46.2. The van der Waals surface area contributed by atoms with Gasteiger partial charge in [0.25, 0.3) is 0 Å². The minimum Gasteiger partial charge on any atom is -0.381 e. The fraction of sp³-hybridized carbons (Fsp3) is 0.891. The number of hydrogen-bond donors (Lipinski definition) is 0. The molecule has 8 heteroatoms. The molecule has 0 N–H and O–H groups in total. The monoisotopic (exact) mass is 903 g/mol. The topological polar surface area (TPSA) is 27.7 Å². The van der Waals surface area contributed by atoms with Gasteiger partial charge in [-0.1, -0.05) is 212 Å². The highest BCUT2D eigenvalue weighted by Crippen LogP contribution is 2.64. The molecular weight excluding hydrogens is 804 g/mol. The Morgan fingerprint density at radius 2 is 0.635 bits per heavy atom. The maximum atomic E-state index is 18.9. The van der Waals surface area contributed by atoms with Crippen molar-refractivity contribution in [2.75, 3.05) is 39.6 Å². The van der Waals surface area contributed by atoms with Gasteiger partial charge in [0, 0.05) is 51.5 Å². The maximum absolute atomic E-state index is 18.9. The first kappa shape index (κ1) is 59.8. The molecule has 0 bridgehead atoms. The molecule has 0 saturated heterocycles. The van der Waals surface area contributed by atoms with E-state index in [-0.39, 0.29) is 31.2 Å². The summed E-state index contributed by atoms with van der Waals surface area (Å²) in [5.74, 6) is -9.36.